The number of nitrogens with one attached hydrogen (secondary N) is 1. The lowest BCUT2D eigenvalue weighted by molar-refractivity contribution is -0.119. The number of hydrogen-bond acceptors (Lipinski definition) is 7. The van der Waals surface area contributed by atoms with Crippen LogP contribution in [0.25, 0.3) is 0 Å². The Balaban J connectivity index is 1.87. The maximum absolute atomic E-state index is 11.7. The Kier molecular flexibility index (Phi) is 4.83. The Morgan fingerprint density at radius 3 is 2.86 bits per heavy atom. The van der Waals surface area contributed by atoms with E-state index >= 15 is 0 Å². The highest BCUT2D eigenvalue weighted by atomic mass is 32.1. The van der Waals surface area contributed by atoms with E-state index in [-0.39, 0.29) is 6.61 Å². The summed E-state index contributed by atoms with van der Waals surface area (Å²) in [7, 11) is 1.54. The van der Waals surface area contributed by atoms with Gasteiger partial charge in [-0.3, -0.25) is 4.79 Å². The first kappa shape index (κ1) is 14.9. The summed E-state index contributed by atoms with van der Waals surface area (Å²) < 4.78 is 13.6. The van der Waals surface area contributed by atoms with E-state index < -0.39 is 11.9 Å². The molecule has 0 fully saturated rings. The predicted octanol–water partition coefficient (Wildman–Crippen LogP) is 1.65. The largest absolute Gasteiger partial charge is 0.497 e. The summed E-state index contributed by atoms with van der Waals surface area (Å²) in [6, 6.07) is 6.87. The van der Waals surface area contributed by atoms with Crippen LogP contribution in [0.3, 0.4) is 0 Å². The standard InChI is InChI=1S/C13H13N3O4S/c1-8-12(21-16-15-8)13(18)20-7-11(17)14-9-4-3-5-10(6-9)19-2/h3-6H,7H2,1-2H3,(H,14,17). The van der Waals surface area contributed by atoms with E-state index in [2.05, 4.69) is 14.9 Å². The van der Waals surface area contributed by atoms with Crippen LogP contribution in [0.5, 0.6) is 5.75 Å². The average molecular weight is 307 g/mol. The molecule has 0 saturated carbocycles. The fourth-order valence-corrected chi connectivity index (χ4v) is 2.06. The van der Waals surface area contributed by atoms with Gasteiger partial charge in [0.15, 0.2) is 11.5 Å². The zero-order valence-electron chi connectivity index (χ0n) is 11.5. The van der Waals surface area contributed by atoms with Gasteiger partial charge in [0.25, 0.3) is 5.91 Å². The second kappa shape index (κ2) is 6.80. The summed E-state index contributed by atoms with van der Waals surface area (Å²) in [5, 5.41) is 6.31. The van der Waals surface area contributed by atoms with Crippen molar-refractivity contribution in [2.24, 2.45) is 0 Å². The molecule has 0 radical (unpaired) electrons. The second-order valence-electron chi connectivity index (χ2n) is 4.04. The summed E-state index contributed by atoms with van der Waals surface area (Å²) in [5.41, 5.74) is 1.05. The highest BCUT2D eigenvalue weighted by Gasteiger charge is 2.16. The number of nitrogens with zero attached hydrogens (tertiary/aromatic N) is 2. The quantitative estimate of drug-likeness (QED) is 0.845. The zero-order valence-corrected chi connectivity index (χ0v) is 12.3. The topological polar surface area (TPSA) is 90.4 Å². The molecule has 7 nitrogen and oxygen atoms in total. The predicted molar refractivity (Wildman–Crippen MR) is 76.6 cm³/mol. The molecular formula is C13H13N3O4S. The number of hydrogen-bond donors (Lipinski definition) is 1. The number of carbonyl (C=O) groups excluding carboxylic acids is 2. The molecule has 2 aromatic rings. The van der Waals surface area contributed by atoms with Crippen molar-refractivity contribution in [3.63, 3.8) is 0 Å². The minimum absolute atomic E-state index is 0.296. The van der Waals surface area contributed by atoms with Crippen LogP contribution in [0.4, 0.5) is 5.69 Å². The molecular weight excluding hydrogens is 294 g/mol. The van der Waals surface area contributed by atoms with Crippen molar-refractivity contribution in [3.05, 3.63) is 34.8 Å². The van der Waals surface area contributed by atoms with Crippen molar-refractivity contribution in [2.75, 3.05) is 19.0 Å². The van der Waals surface area contributed by atoms with E-state index in [9.17, 15) is 9.59 Å². The van der Waals surface area contributed by atoms with Crippen LogP contribution < -0.4 is 10.1 Å². The first-order valence-electron chi connectivity index (χ1n) is 6.00. The van der Waals surface area contributed by atoms with Gasteiger partial charge in [0, 0.05) is 11.8 Å². The Morgan fingerprint density at radius 2 is 2.19 bits per heavy atom. The van der Waals surface area contributed by atoms with E-state index in [0.29, 0.717) is 22.0 Å². The van der Waals surface area contributed by atoms with Crippen molar-refractivity contribution < 1.29 is 19.1 Å². The maximum Gasteiger partial charge on any atom is 0.352 e. The van der Waals surface area contributed by atoms with Gasteiger partial charge in [-0.15, -0.1) is 5.10 Å². The Morgan fingerprint density at radius 1 is 1.38 bits per heavy atom. The van der Waals surface area contributed by atoms with Crippen LogP contribution in [0.15, 0.2) is 24.3 Å². The molecule has 2 rings (SSSR count). The number of aromatic nitrogens is 2. The summed E-state index contributed by atoms with van der Waals surface area (Å²) in [4.78, 5) is 23.7. The third-order valence-corrected chi connectivity index (χ3v) is 3.33. The third-order valence-electron chi connectivity index (χ3n) is 2.52. The number of carbonyl (C=O) groups is 2. The van der Waals surface area contributed by atoms with Crippen LogP contribution >= 0.6 is 11.5 Å². The van der Waals surface area contributed by atoms with E-state index in [1.54, 1.807) is 31.2 Å². The van der Waals surface area contributed by atoms with Crippen LogP contribution in [0.1, 0.15) is 15.4 Å². The molecule has 1 heterocycles. The van der Waals surface area contributed by atoms with Crippen molar-refractivity contribution in [3.8, 4) is 5.75 Å². The van der Waals surface area contributed by atoms with Crippen molar-refractivity contribution >= 4 is 29.1 Å². The van der Waals surface area contributed by atoms with Gasteiger partial charge < -0.3 is 14.8 Å². The molecule has 21 heavy (non-hydrogen) atoms. The molecule has 1 aromatic heterocycles. The van der Waals surface area contributed by atoms with Crippen LogP contribution in [-0.2, 0) is 9.53 Å². The smallest absolute Gasteiger partial charge is 0.352 e. The van der Waals surface area contributed by atoms with Gasteiger partial charge >= 0.3 is 5.97 Å². The lowest BCUT2D eigenvalue weighted by Crippen LogP contribution is -2.20. The third kappa shape index (κ3) is 3.99. The first-order chi connectivity index (χ1) is 10.1. The van der Waals surface area contributed by atoms with Gasteiger partial charge in [0.2, 0.25) is 0 Å². The SMILES string of the molecule is COc1cccc(NC(=O)COC(=O)c2snnc2C)c1. The lowest BCUT2D eigenvalue weighted by Gasteiger charge is -2.07. The van der Waals surface area contributed by atoms with Crippen molar-refractivity contribution in [1.29, 1.82) is 0 Å². The molecule has 0 aliphatic carbocycles. The van der Waals surface area contributed by atoms with E-state index in [0.717, 1.165) is 11.5 Å². The Labute approximate surface area is 125 Å². The fraction of sp³-hybridized carbons (Fsp3) is 0.231. The second-order valence-corrected chi connectivity index (χ2v) is 4.80. The minimum Gasteiger partial charge on any atom is -0.497 e. The van der Waals surface area contributed by atoms with Gasteiger partial charge in [0.1, 0.15) is 5.75 Å². The van der Waals surface area contributed by atoms with Crippen LogP contribution in [0.2, 0.25) is 0 Å². The summed E-state index contributed by atoms with van der Waals surface area (Å²) in [6.07, 6.45) is 0. The molecule has 0 saturated heterocycles. The van der Waals surface area contributed by atoms with E-state index in [4.69, 9.17) is 9.47 Å². The molecule has 0 spiro atoms. The van der Waals surface area contributed by atoms with Gasteiger partial charge in [-0.2, -0.15) is 0 Å². The van der Waals surface area contributed by atoms with Crippen LogP contribution in [0, 0.1) is 6.92 Å². The molecule has 0 bridgehead atoms. The van der Waals surface area contributed by atoms with E-state index in [1.807, 2.05) is 0 Å². The molecule has 1 aromatic carbocycles. The fourth-order valence-electron chi connectivity index (χ4n) is 1.51. The number of methoxy groups -OCH3 is 1. The van der Waals surface area contributed by atoms with E-state index in [1.165, 1.54) is 7.11 Å². The van der Waals surface area contributed by atoms with Gasteiger partial charge in [0.05, 0.1) is 12.8 Å². The molecule has 8 heteroatoms. The van der Waals surface area contributed by atoms with Gasteiger partial charge in [-0.05, 0) is 30.6 Å². The molecule has 110 valence electrons. The number of amides is 1. The maximum atomic E-state index is 11.7. The van der Waals surface area contributed by atoms with Crippen LogP contribution in [-0.4, -0.2) is 35.2 Å². The number of anilines is 1. The number of rotatable bonds is 5. The zero-order chi connectivity index (χ0) is 15.2. The Hall–Kier alpha value is -2.48. The molecule has 1 amide bonds. The molecule has 0 aliphatic heterocycles. The normalized spacial score (nSPS) is 10.0. The highest BCUT2D eigenvalue weighted by molar-refractivity contribution is 7.07. The Bertz CT molecular complexity index is 656. The minimum atomic E-state index is -0.608. The monoisotopic (exact) mass is 307 g/mol. The van der Waals surface area contributed by atoms with Crippen molar-refractivity contribution in [1.82, 2.24) is 9.59 Å². The van der Waals surface area contributed by atoms with Crippen molar-refractivity contribution in [2.45, 2.75) is 6.92 Å². The van der Waals surface area contributed by atoms with Gasteiger partial charge in [-0.1, -0.05) is 10.6 Å². The lowest BCUT2D eigenvalue weighted by atomic mass is 10.3. The molecule has 0 aliphatic rings. The molecule has 1 N–H and O–H groups in total. The molecule has 0 unspecified atom stereocenters. The number of esters is 1. The average Bonchev–Trinajstić information content (AvgIpc) is 2.91. The summed E-state index contributed by atoms with van der Waals surface area (Å²) in [5.74, 6) is -0.425. The summed E-state index contributed by atoms with van der Waals surface area (Å²) >= 11 is 0.934. The summed E-state index contributed by atoms with van der Waals surface area (Å²) in [6.45, 7) is 1.27. The number of benzene rings is 1. The number of aryl methyl sites for hydroxylation is 1. The highest BCUT2D eigenvalue weighted by Crippen LogP contribution is 2.16. The number of ether oxygens (including phenoxy) is 2. The molecule has 0 atom stereocenters. The first-order valence-corrected chi connectivity index (χ1v) is 6.77. The van der Waals surface area contributed by atoms with Gasteiger partial charge in [-0.25, -0.2) is 4.79 Å².